The summed E-state index contributed by atoms with van der Waals surface area (Å²) < 4.78 is 23.2. The highest BCUT2D eigenvalue weighted by Gasteiger charge is 2.11. The number of hydrogen-bond donors (Lipinski definition) is 1. The Balaban J connectivity index is 1.95. The van der Waals surface area contributed by atoms with Crippen LogP contribution in [0.25, 0.3) is 0 Å². The van der Waals surface area contributed by atoms with Crippen molar-refractivity contribution in [3.63, 3.8) is 0 Å². The first-order valence-corrected chi connectivity index (χ1v) is 10.0. The molecule has 0 aliphatic heterocycles. The predicted molar refractivity (Wildman–Crippen MR) is 94.7 cm³/mol. The first-order chi connectivity index (χ1) is 10.9. The predicted octanol–water partition coefficient (Wildman–Crippen LogP) is 3.52. The zero-order valence-electron chi connectivity index (χ0n) is 13.1. The Morgan fingerprint density at radius 1 is 1.13 bits per heavy atom. The summed E-state index contributed by atoms with van der Waals surface area (Å²) in [6.07, 6.45) is 1.52. The van der Waals surface area contributed by atoms with Gasteiger partial charge in [0.2, 0.25) is 5.91 Å². The number of aryl methyl sites for hydroxylation is 1. The number of sulfone groups is 1. The van der Waals surface area contributed by atoms with Gasteiger partial charge in [-0.3, -0.25) is 4.79 Å². The van der Waals surface area contributed by atoms with Crippen molar-refractivity contribution in [1.29, 1.82) is 0 Å². The SMILES string of the molecule is Cc1ccc(S(C)(=O)=O)cc1NC(=O)CCSc1ccccc1. The van der Waals surface area contributed by atoms with Gasteiger partial charge in [-0.1, -0.05) is 24.3 Å². The van der Waals surface area contributed by atoms with Crippen LogP contribution < -0.4 is 5.32 Å². The van der Waals surface area contributed by atoms with E-state index in [9.17, 15) is 13.2 Å². The van der Waals surface area contributed by atoms with Crippen LogP contribution in [0.4, 0.5) is 5.69 Å². The number of rotatable bonds is 6. The summed E-state index contributed by atoms with van der Waals surface area (Å²) in [6, 6.07) is 14.6. The highest BCUT2D eigenvalue weighted by molar-refractivity contribution is 7.99. The molecule has 122 valence electrons. The molecule has 2 aromatic carbocycles. The van der Waals surface area contributed by atoms with E-state index in [1.165, 1.54) is 6.07 Å². The van der Waals surface area contributed by atoms with E-state index < -0.39 is 9.84 Å². The van der Waals surface area contributed by atoms with Crippen molar-refractivity contribution in [1.82, 2.24) is 0 Å². The van der Waals surface area contributed by atoms with Gasteiger partial charge in [0.05, 0.1) is 4.90 Å². The van der Waals surface area contributed by atoms with Crippen molar-refractivity contribution < 1.29 is 13.2 Å². The molecule has 1 N–H and O–H groups in total. The van der Waals surface area contributed by atoms with Crippen molar-refractivity contribution in [2.75, 3.05) is 17.3 Å². The molecule has 0 atom stereocenters. The maximum atomic E-state index is 12.0. The molecule has 4 nitrogen and oxygen atoms in total. The molecule has 2 rings (SSSR count). The number of anilines is 1. The van der Waals surface area contributed by atoms with Gasteiger partial charge in [0.15, 0.2) is 9.84 Å². The van der Waals surface area contributed by atoms with Gasteiger partial charge in [0.1, 0.15) is 0 Å². The molecule has 0 heterocycles. The van der Waals surface area contributed by atoms with Gasteiger partial charge in [-0.15, -0.1) is 11.8 Å². The van der Waals surface area contributed by atoms with Crippen molar-refractivity contribution >= 4 is 33.2 Å². The second-order valence-electron chi connectivity index (χ2n) is 5.21. The third-order valence-corrected chi connectivity index (χ3v) is 5.38. The van der Waals surface area contributed by atoms with Crippen LogP contribution in [0.5, 0.6) is 0 Å². The number of amides is 1. The molecule has 0 saturated heterocycles. The van der Waals surface area contributed by atoms with Crippen LogP contribution in [-0.2, 0) is 14.6 Å². The van der Waals surface area contributed by atoms with E-state index in [1.54, 1.807) is 23.9 Å². The first kappa shape index (κ1) is 17.6. The molecule has 2 aromatic rings. The smallest absolute Gasteiger partial charge is 0.225 e. The lowest BCUT2D eigenvalue weighted by atomic mass is 10.2. The minimum Gasteiger partial charge on any atom is -0.326 e. The van der Waals surface area contributed by atoms with Gasteiger partial charge in [0, 0.05) is 29.0 Å². The second-order valence-corrected chi connectivity index (χ2v) is 8.39. The standard InChI is InChI=1S/C17H19NO3S2/c1-13-8-9-15(23(2,20)21)12-16(13)18-17(19)10-11-22-14-6-4-3-5-7-14/h3-9,12H,10-11H2,1-2H3,(H,18,19). The molecule has 0 fully saturated rings. The third-order valence-electron chi connectivity index (χ3n) is 3.25. The molecule has 0 bridgehead atoms. The monoisotopic (exact) mass is 349 g/mol. The Bertz CT molecular complexity index is 787. The van der Waals surface area contributed by atoms with Gasteiger partial charge in [-0.2, -0.15) is 0 Å². The van der Waals surface area contributed by atoms with Crippen molar-refractivity contribution in [3.05, 3.63) is 54.1 Å². The summed E-state index contributed by atoms with van der Waals surface area (Å²) in [6.45, 7) is 1.83. The van der Waals surface area contributed by atoms with E-state index in [-0.39, 0.29) is 10.8 Å². The highest BCUT2D eigenvalue weighted by Crippen LogP contribution is 2.21. The lowest BCUT2D eigenvalue weighted by molar-refractivity contribution is -0.115. The van der Waals surface area contributed by atoms with Crippen LogP contribution in [0, 0.1) is 6.92 Å². The summed E-state index contributed by atoms with van der Waals surface area (Å²) in [5.41, 5.74) is 1.38. The maximum Gasteiger partial charge on any atom is 0.225 e. The maximum absolute atomic E-state index is 12.0. The van der Waals surface area contributed by atoms with E-state index >= 15 is 0 Å². The number of thioether (sulfide) groups is 1. The first-order valence-electron chi connectivity index (χ1n) is 7.14. The molecule has 23 heavy (non-hydrogen) atoms. The van der Waals surface area contributed by atoms with Crippen LogP contribution in [0.15, 0.2) is 58.3 Å². The molecule has 0 radical (unpaired) electrons. The molecular weight excluding hydrogens is 330 g/mol. The molecule has 0 unspecified atom stereocenters. The van der Waals surface area contributed by atoms with Gasteiger partial charge >= 0.3 is 0 Å². The summed E-state index contributed by atoms with van der Waals surface area (Å²) in [5, 5.41) is 2.79. The van der Waals surface area contributed by atoms with Crippen LogP contribution >= 0.6 is 11.8 Å². The fourth-order valence-electron chi connectivity index (χ4n) is 1.96. The second kappa shape index (κ2) is 7.66. The van der Waals surface area contributed by atoms with Gasteiger partial charge in [-0.05, 0) is 36.8 Å². The van der Waals surface area contributed by atoms with Crippen molar-refractivity contribution in [3.8, 4) is 0 Å². The topological polar surface area (TPSA) is 63.2 Å². The largest absolute Gasteiger partial charge is 0.326 e. The number of hydrogen-bond acceptors (Lipinski definition) is 4. The summed E-state index contributed by atoms with van der Waals surface area (Å²) >= 11 is 1.61. The van der Waals surface area contributed by atoms with E-state index in [2.05, 4.69) is 5.32 Å². The van der Waals surface area contributed by atoms with E-state index in [1.807, 2.05) is 37.3 Å². The molecule has 0 aliphatic carbocycles. The molecule has 0 saturated carbocycles. The summed E-state index contributed by atoms with van der Waals surface area (Å²) in [4.78, 5) is 13.4. The van der Waals surface area contributed by atoms with Gasteiger partial charge in [0.25, 0.3) is 0 Å². The molecule has 6 heteroatoms. The number of carbonyl (C=O) groups excluding carboxylic acids is 1. The van der Waals surface area contributed by atoms with Crippen LogP contribution in [0.3, 0.4) is 0 Å². The van der Waals surface area contributed by atoms with Gasteiger partial charge < -0.3 is 5.32 Å². The normalized spacial score (nSPS) is 11.2. The van der Waals surface area contributed by atoms with Gasteiger partial charge in [-0.25, -0.2) is 8.42 Å². The quantitative estimate of drug-likeness (QED) is 0.811. The summed E-state index contributed by atoms with van der Waals surface area (Å²) in [5.74, 6) is 0.544. The lowest BCUT2D eigenvalue weighted by Gasteiger charge is -2.10. The average molecular weight is 349 g/mol. The van der Waals surface area contributed by atoms with Crippen molar-refractivity contribution in [2.24, 2.45) is 0 Å². The molecule has 0 spiro atoms. The average Bonchev–Trinajstić information content (AvgIpc) is 2.49. The fourth-order valence-corrected chi connectivity index (χ4v) is 3.48. The van der Waals surface area contributed by atoms with Crippen LogP contribution in [-0.4, -0.2) is 26.3 Å². The molecule has 1 amide bonds. The number of carbonyl (C=O) groups is 1. The molecular formula is C17H19NO3S2. The zero-order chi connectivity index (χ0) is 16.9. The fraction of sp³-hybridized carbons (Fsp3) is 0.235. The number of benzene rings is 2. The Hall–Kier alpha value is -1.79. The Morgan fingerprint density at radius 3 is 2.48 bits per heavy atom. The molecule has 0 aliphatic rings. The Kier molecular flexibility index (Phi) is 5.85. The lowest BCUT2D eigenvalue weighted by Crippen LogP contribution is -2.13. The Labute approximate surface area is 141 Å². The van der Waals surface area contributed by atoms with E-state index in [0.29, 0.717) is 17.9 Å². The third kappa shape index (κ3) is 5.41. The van der Waals surface area contributed by atoms with Crippen molar-refractivity contribution in [2.45, 2.75) is 23.1 Å². The van der Waals surface area contributed by atoms with E-state index in [4.69, 9.17) is 0 Å². The summed E-state index contributed by atoms with van der Waals surface area (Å²) in [7, 11) is -3.29. The number of nitrogens with one attached hydrogen (secondary N) is 1. The van der Waals surface area contributed by atoms with Crippen LogP contribution in [0.2, 0.25) is 0 Å². The highest BCUT2D eigenvalue weighted by atomic mass is 32.2. The van der Waals surface area contributed by atoms with E-state index in [0.717, 1.165) is 16.7 Å². The Morgan fingerprint density at radius 2 is 1.83 bits per heavy atom. The molecule has 0 aromatic heterocycles. The zero-order valence-corrected chi connectivity index (χ0v) is 14.7. The minimum absolute atomic E-state index is 0.123. The van der Waals surface area contributed by atoms with Crippen LogP contribution in [0.1, 0.15) is 12.0 Å². The minimum atomic E-state index is -3.29.